The highest BCUT2D eigenvalue weighted by atomic mass is 32.2. The number of carbonyl (C=O) groups is 1. The molecule has 1 fully saturated rings. The average Bonchev–Trinajstić information content (AvgIpc) is 2.53. The number of nitrogens with one attached hydrogen (secondary N) is 1. The number of amides is 1. The molecule has 138 valence electrons. The van der Waals surface area contributed by atoms with Crippen molar-refractivity contribution in [2.75, 3.05) is 23.6 Å². The maximum atomic E-state index is 13.0. The monoisotopic (exact) mass is 366 g/mol. The third-order valence-corrected chi connectivity index (χ3v) is 6.28. The first kappa shape index (κ1) is 18.0. The molecule has 0 saturated carbocycles. The molecule has 3 rings (SSSR count). The molecule has 6 nitrogen and oxygen atoms in total. The Morgan fingerprint density at radius 1 is 1.28 bits per heavy atom. The van der Waals surface area contributed by atoms with Crippen molar-refractivity contribution in [1.82, 2.24) is 4.90 Å². The van der Waals surface area contributed by atoms with Crippen molar-refractivity contribution < 1.29 is 17.9 Å². The van der Waals surface area contributed by atoms with Crippen LogP contribution in [-0.4, -0.2) is 44.2 Å². The molecular formula is C18H26N2O4S. The van der Waals surface area contributed by atoms with Gasteiger partial charge in [-0.25, -0.2) is 8.42 Å². The van der Waals surface area contributed by atoms with Gasteiger partial charge in [0.05, 0.1) is 17.9 Å². The molecule has 1 aromatic carbocycles. The second kappa shape index (κ2) is 7.23. The summed E-state index contributed by atoms with van der Waals surface area (Å²) in [5.74, 6) is 0.536. The topological polar surface area (TPSA) is 75.7 Å². The molecule has 0 bridgehead atoms. The Bertz CT molecular complexity index is 745. The lowest BCUT2D eigenvalue weighted by Crippen LogP contribution is -2.45. The highest BCUT2D eigenvalue weighted by Gasteiger charge is 2.31. The third-order valence-electron chi connectivity index (χ3n) is 4.63. The molecule has 1 saturated heterocycles. The number of ether oxygens (including phenoxy) is 1. The summed E-state index contributed by atoms with van der Waals surface area (Å²) in [5, 5.41) is 0. The molecule has 2 aliphatic rings. The van der Waals surface area contributed by atoms with E-state index in [0.29, 0.717) is 23.6 Å². The Balaban J connectivity index is 1.88. The van der Waals surface area contributed by atoms with Crippen LogP contribution in [0.1, 0.15) is 49.9 Å². The van der Waals surface area contributed by atoms with Gasteiger partial charge in [-0.1, -0.05) is 13.8 Å². The van der Waals surface area contributed by atoms with Crippen LogP contribution in [0.25, 0.3) is 0 Å². The van der Waals surface area contributed by atoms with E-state index < -0.39 is 10.0 Å². The minimum absolute atomic E-state index is 0.0286. The molecule has 7 heteroatoms. The zero-order valence-electron chi connectivity index (χ0n) is 14.8. The van der Waals surface area contributed by atoms with Gasteiger partial charge in [0.15, 0.2) is 0 Å². The van der Waals surface area contributed by atoms with Crippen LogP contribution in [0.3, 0.4) is 0 Å². The number of anilines is 1. The Kier molecular flexibility index (Phi) is 5.22. The van der Waals surface area contributed by atoms with Crippen LogP contribution < -0.4 is 9.46 Å². The summed E-state index contributed by atoms with van der Waals surface area (Å²) in [6.45, 7) is 5.04. The van der Waals surface area contributed by atoms with Gasteiger partial charge in [0.1, 0.15) is 5.75 Å². The molecule has 25 heavy (non-hydrogen) atoms. The zero-order valence-corrected chi connectivity index (χ0v) is 15.6. The van der Waals surface area contributed by atoms with Gasteiger partial charge in [0.2, 0.25) is 10.0 Å². The molecule has 0 aromatic heterocycles. The van der Waals surface area contributed by atoms with E-state index in [0.717, 1.165) is 32.2 Å². The zero-order chi connectivity index (χ0) is 18.0. The van der Waals surface area contributed by atoms with Crippen LogP contribution in [-0.2, 0) is 10.0 Å². The number of sulfonamides is 1. The summed E-state index contributed by atoms with van der Waals surface area (Å²) >= 11 is 0. The first-order chi connectivity index (χ1) is 11.9. The van der Waals surface area contributed by atoms with Crippen LogP contribution in [0.15, 0.2) is 18.2 Å². The lowest BCUT2D eigenvalue weighted by molar-refractivity contribution is 0.0548. The van der Waals surface area contributed by atoms with Crippen LogP contribution in [0.5, 0.6) is 5.75 Å². The molecule has 1 aromatic rings. The second-order valence-electron chi connectivity index (χ2n) is 7.27. The van der Waals surface area contributed by atoms with Crippen molar-refractivity contribution >= 4 is 21.6 Å². The third kappa shape index (κ3) is 4.26. The average molecular weight is 366 g/mol. The summed E-state index contributed by atoms with van der Waals surface area (Å²) in [4.78, 5) is 14.9. The fourth-order valence-electron chi connectivity index (χ4n) is 3.57. The number of nitrogens with zero attached hydrogens (tertiary/aromatic N) is 1. The molecule has 2 heterocycles. The predicted octanol–water partition coefficient (Wildman–Crippen LogP) is 2.86. The molecule has 1 N–H and O–H groups in total. The van der Waals surface area contributed by atoms with Gasteiger partial charge in [0.25, 0.3) is 5.91 Å². The maximum absolute atomic E-state index is 13.0. The summed E-state index contributed by atoms with van der Waals surface area (Å²) in [5.41, 5.74) is 0.849. The molecular weight excluding hydrogens is 340 g/mol. The fraction of sp³-hybridized carbons (Fsp3) is 0.611. The smallest absolute Gasteiger partial charge is 0.257 e. The number of benzene rings is 1. The molecule has 1 amide bonds. The van der Waals surface area contributed by atoms with E-state index in [9.17, 15) is 13.2 Å². The number of hydrogen-bond acceptors (Lipinski definition) is 4. The normalized spacial score (nSPS) is 21.0. The van der Waals surface area contributed by atoms with Gasteiger partial charge in [-0.15, -0.1) is 0 Å². The van der Waals surface area contributed by atoms with Crippen molar-refractivity contribution in [3.63, 3.8) is 0 Å². The molecule has 0 aliphatic carbocycles. The quantitative estimate of drug-likeness (QED) is 0.889. The van der Waals surface area contributed by atoms with E-state index in [4.69, 9.17) is 4.74 Å². The molecule has 0 radical (unpaired) electrons. The molecule has 0 spiro atoms. The van der Waals surface area contributed by atoms with E-state index in [1.54, 1.807) is 18.2 Å². The lowest BCUT2D eigenvalue weighted by Gasteiger charge is -2.37. The number of rotatable bonds is 4. The van der Waals surface area contributed by atoms with E-state index in [2.05, 4.69) is 4.72 Å². The van der Waals surface area contributed by atoms with Crippen LogP contribution in [0.4, 0.5) is 5.69 Å². The summed E-state index contributed by atoms with van der Waals surface area (Å²) in [7, 11) is -3.43. The van der Waals surface area contributed by atoms with Gasteiger partial charge in [-0.3, -0.25) is 9.52 Å². The SMILES string of the molecule is CC(C)CS(=O)(=O)Nc1ccc2c(c1)C(=O)N1CCCCC1CCO2. The van der Waals surface area contributed by atoms with E-state index >= 15 is 0 Å². The first-order valence-corrected chi connectivity index (χ1v) is 10.6. The Morgan fingerprint density at radius 2 is 2.08 bits per heavy atom. The fourth-order valence-corrected chi connectivity index (χ4v) is 5.02. The van der Waals surface area contributed by atoms with Crippen molar-refractivity contribution in [2.24, 2.45) is 5.92 Å². The largest absolute Gasteiger partial charge is 0.493 e. The molecule has 1 atom stereocenters. The molecule has 2 aliphatic heterocycles. The second-order valence-corrected chi connectivity index (χ2v) is 9.04. The van der Waals surface area contributed by atoms with Crippen molar-refractivity contribution in [2.45, 2.75) is 45.6 Å². The Morgan fingerprint density at radius 3 is 2.84 bits per heavy atom. The highest BCUT2D eigenvalue weighted by molar-refractivity contribution is 7.92. The summed E-state index contributed by atoms with van der Waals surface area (Å²) in [6.07, 6.45) is 3.99. The number of piperidine rings is 1. The van der Waals surface area contributed by atoms with Gasteiger partial charge in [-0.05, 0) is 43.4 Å². The summed E-state index contributed by atoms with van der Waals surface area (Å²) < 4.78 is 32.7. The number of carbonyl (C=O) groups excluding carboxylic acids is 1. The standard InChI is InChI=1S/C18H26N2O4S/c1-13(2)12-25(22,23)19-14-6-7-17-16(11-14)18(21)20-9-4-3-5-15(20)8-10-24-17/h6-7,11,13,15,19H,3-5,8-10,12H2,1-2H3. The number of fused-ring (bicyclic) bond motifs is 2. The minimum Gasteiger partial charge on any atom is -0.493 e. The van der Waals surface area contributed by atoms with Crippen molar-refractivity contribution in [1.29, 1.82) is 0 Å². The van der Waals surface area contributed by atoms with Crippen molar-refractivity contribution in [3.05, 3.63) is 23.8 Å². The van der Waals surface area contributed by atoms with Crippen LogP contribution in [0.2, 0.25) is 0 Å². The molecule has 1 unspecified atom stereocenters. The van der Waals surface area contributed by atoms with Gasteiger partial charge >= 0.3 is 0 Å². The Labute approximate surface area is 149 Å². The first-order valence-electron chi connectivity index (χ1n) is 8.94. The Hall–Kier alpha value is -1.76. The number of hydrogen-bond donors (Lipinski definition) is 1. The van der Waals surface area contributed by atoms with E-state index in [1.807, 2.05) is 18.7 Å². The van der Waals surface area contributed by atoms with Crippen LogP contribution in [0, 0.1) is 5.92 Å². The lowest BCUT2D eigenvalue weighted by atomic mass is 9.97. The minimum atomic E-state index is -3.43. The maximum Gasteiger partial charge on any atom is 0.257 e. The van der Waals surface area contributed by atoms with Gasteiger partial charge in [0, 0.05) is 24.7 Å². The highest BCUT2D eigenvalue weighted by Crippen LogP contribution is 2.31. The summed E-state index contributed by atoms with van der Waals surface area (Å²) in [6, 6.07) is 5.16. The van der Waals surface area contributed by atoms with E-state index in [1.165, 1.54) is 0 Å². The van der Waals surface area contributed by atoms with Gasteiger partial charge < -0.3 is 9.64 Å². The van der Waals surface area contributed by atoms with E-state index in [-0.39, 0.29) is 23.6 Å². The van der Waals surface area contributed by atoms with Gasteiger partial charge in [-0.2, -0.15) is 0 Å². The predicted molar refractivity (Wildman–Crippen MR) is 97.5 cm³/mol. The van der Waals surface area contributed by atoms with Crippen molar-refractivity contribution in [3.8, 4) is 5.75 Å². The van der Waals surface area contributed by atoms with Crippen LogP contribution >= 0.6 is 0 Å².